The predicted octanol–water partition coefficient (Wildman–Crippen LogP) is 0.234. The van der Waals surface area contributed by atoms with Crippen molar-refractivity contribution in [3.8, 4) is 0 Å². The Balaban J connectivity index is 2.81. The normalized spacial score (nSPS) is 11.6. The Morgan fingerprint density at radius 2 is 2.33 bits per heavy atom. The lowest BCUT2D eigenvalue weighted by atomic mass is 10.2. The van der Waals surface area contributed by atoms with Crippen LogP contribution in [0.1, 0.15) is 24.5 Å². The predicted molar refractivity (Wildman–Crippen MR) is 38.4 cm³/mol. The van der Waals surface area contributed by atoms with Crippen molar-refractivity contribution in [3.05, 3.63) is 5.82 Å². The van der Waals surface area contributed by atoms with Crippen molar-refractivity contribution in [2.75, 3.05) is 0 Å². The van der Waals surface area contributed by atoms with Crippen LogP contribution in [0.3, 0.4) is 0 Å². The smallest absolute Gasteiger partial charge is 0.215 e. The van der Waals surface area contributed by atoms with Crippen LogP contribution in [0.4, 0.5) is 4.39 Å². The zero-order valence-electron chi connectivity index (χ0n) is 6.86. The van der Waals surface area contributed by atoms with Gasteiger partial charge in [0.05, 0.1) is 6.54 Å². The highest BCUT2D eigenvalue weighted by Crippen LogP contribution is 2.10. The number of aldehydes is 1. The summed E-state index contributed by atoms with van der Waals surface area (Å²) in [6.45, 7) is 2.76. The molecule has 0 aliphatic carbocycles. The summed E-state index contributed by atoms with van der Waals surface area (Å²) in [6.07, 6.45) is 0.492. The van der Waals surface area contributed by atoms with Crippen LogP contribution < -0.4 is 0 Å². The van der Waals surface area contributed by atoms with Crippen molar-refractivity contribution in [2.24, 2.45) is 0 Å². The number of hydrogen-bond acceptors (Lipinski definition) is 4. The van der Waals surface area contributed by atoms with Crippen LogP contribution in [0.25, 0.3) is 0 Å². The molecule has 0 saturated carbocycles. The number of hydrogen-bond donors (Lipinski definition) is 0. The first kappa shape index (κ1) is 8.76. The van der Waals surface area contributed by atoms with Gasteiger partial charge in [0, 0.05) is 0 Å². The number of nitrogens with zero attached hydrogens (tertiary/aromatic N) is 4. The van der Waals surface area contributed by atoms with Gasteiger partial charge in [0.1, 0.15) is 5.67 Å². The molecule has 0 aliphatic rings. The van der Waals surface area contributed by atoms with Crippen molar-refractivity contribution in [1.29, 1.82) is 0 Å². The lowest BCUT2D eigenvalue weighted by molar-refractivity contribution is 0.110. The third kappa shape index (κ3) is 2.08. The van der Waals surface area contributed by atoms with Crippen LogP contribution in [0.15, 0.2) is 0 Å². The maximum atomic E-state index is 13.0. The van der Waals surface area contributed by atoms with E-state index in [9.17, 15) is 9.18 Å². The third-order valence-corrected chi connectivity index (χ3v) is 1.19. The summed E-state index contributed by atoms with van der Waals surface area (Å²) < 4.78 is 14.2. The van der Waals surface area contributed by atoms with Gasteiger partial charge in [0.2, 0.25) is 5.82 Å². The molecule has 1 heterocycles. The molecule has 0 spiro atoms. The first-order valence-corrected chi connectivity index (χ1v) is 3.43. The number of carbonyl (C=O) groups excluding carboxylic acids is 1. The molecule has 1 aromatic heterocycles. The Morgan fingerprint density at radius 1 is 1.67 bits per heavy atom. The number of carbonyl (C=O) groups is 1. The van der Waals surface area contributed by atoms with Crippen LogP contribution in [-0.4, -0.2) is 32.2 Å². The Hall–Kier alpha value is -1.33. The molecule has 1 rings (SSSR count). The van der Waals surface area contributed by atoms with Crippen LogP contribution in [-0.2, 0) is 6.54 Å². The molecular weight excluding hydrogens is 163 g/mol. The molecule has 0 fully saturated rings. The lowest BCUT2D eigenvalue weighted by Gasteiger charge is -2.12. The third-order valence-electron chi connectivity index (χ3n) is 1.19. The Morgan fingerprint density at radius 3 is 2.83 bits per heavy atom. The minimum atomic E-state index is -1.42. The minimum absolute atomic E-state index is 0.0198. The van der Waals surface area contributed by atoms with Gasteiger partial charge in [-0.05, 0) is 24.3 Å². The Kier molecular flexibility index (Phi) is 2.16. The number of aromatic nitrogens is 4. The van der Waals surface area contributed by atoms with E-state index in [-0.39, 0.29) is 12.4 Å². The van der Waals surface area contributed by atoms with E-state index in [1.54, 1.807) is 0 Å². The van der Waals surface area contributed by atoms with Gasteiger partial charge in [-0.3, -0.25) is 4.79 Å². The van der Waals surface area contributed by atoms with Gasteiger partial charge in [-0.25, -0.2) is 9.07 Å². The summed E-state index contributed by atoms with van der Waals surface area (Å²) in [6, 6.07) is 0. The van der Waals surface area contributed by atoms with Crippen LogP contribution >= 0.6 is 0 Å². The molecule has 0 amide bonds. The monoisotopic (exact) mass is 172 g/mol. The minimum Gasteiger partial charge on any atom is -0.294 e. The zero-order valence-corrected chi connectivity index (χ0v) is 6.86. The molecule has 0 aliphatic heterocycles. The van der Waals surface area contributed by atoms with E-state index in [1.165, 1.54) is 13.8 Å². The number of halogens is 1. The highest BCUT2D eigenvalue weighted by molar-refractivity contribution is 5.68. The summed E-state index contributed by atoms with van der Waals surface area (Å²) in [5.41, 5.74) is -1.42. The molecule has 0 bridgehead atoms. The fourth-order valence-electron chi connectivity index (χ4n) is 0.765. The van der Waals surface area contributed by atoms with Crippen molar-refractivity contribution in [3.63, 3.8) is 0 Å². The van der Waals surface area contributed by atoms with E-state index in [1.807, 2.05) is 0 Å². The van der Waals surface area contributed by atoms with E-state index >= 15 is 0 Å². The molecule has 0 aromatic carbocycles. The van der Waals surface area contributed by atoms with E-state index in [2.05, 4.69) is 15.5 Å². The Labute approximate surface area is 68.6 Å². The number of rotatable bonds is 3. The maximum absolute atomic E-state index is 13.0. The largest absolute Gasteiger partial charge is 0.294 e. The molecule has 66 valence electrons. The second kappa shape index (κ2) is 2.96. The molecule has 12 heavy (non-hydrogen) atoms. The fraction of sp³-hybridized carbons (Fsp3) is 0.667. The van der Waals surface area contributed by atoms with E-state index in [4.69, 9.17) is 0 Å². The van der Waals surface area contributed by atoms with Gasteiger partial charge < -0.3 is 0 Å². The van der Waals surface area contributed by atoms with Gasteiger partial charge in [-0.2, -0.15) is 0 Å². The topological polar surface area (TPSA) is 60.7 Å². The van der Waals surface area contributed by atoms with Gasteiger partial charge in [0.25, 0.3) is 0 Å². The molecule has 0 atom stereocenters. The van der Waals surface area contributed by atoms with Gasteiger partial charge in [-0.1, -0.05) is 0 Å². The van der Waals surface area contributed by atoms with Crippen molar-refractivity contribution in [1.82, 2.24) is 20.2 Å². The van der Waals surface area contributed by atoms with Gasteiger partial charge in [0.15, 0.2) is 6.29 Å². The van der Waals surface area contributed by atoms with E-state index < -0.39 is 5.67 Å². The standard InChI is InChI=1S/C6H9FN4O/c1-6(2,7)4-11-5(3-12)8-9-10-11/h3H,4H2,1-2H3. The van der Waals surface area contributed by atoms with E-state index in [0.717, 1.165) is 4.68 Å². The quantitative estimate of drug-likeness (QED) is 0.612. The number of tetrazole rings is 1. The molecule has 5 nitrogen and oxygen atoms in total. The zero-order chi connectivity index (χ0) is 9.19. The second-order valence-electron chi connectivity index (χ2n) is 3.03. The van der Waals surface area contributed by atoms with Gasteiger partial charge in [-0.15, -0.1) is 5.10 Å². The molecular formula is C6H9FN4O. The van der Waals surface area contributed by atoms with Gasteiger partial charge >= 0.3 is 0 Å². The molecule has 0 radical (unpaired) electrons. The first-order valence-electron chi connectivity index (χ1n) is 3.43. The first-order chi connectivity index (χ1) is 5.53. The highest BCUT2D eigenvalue weighted by Gasteiger charge is 2.19. The fourth-order valence-corrected chi connectivity index (χ4v) is 0.765. The number of alkyl halides is 1. The molecule has 0 unspecified atom stereocenters. The maximum Gasteiger partial charge on any atom is 0.215 e. The summed E-state index contributed by atoms with van der Waals surface area (Å²) in [4.78, 5) is 10.3. The second-order valence-corrected chi connectivity index (χ2v) is 3.03. The lowest BCUT2D eigenvalue weighted by Crippen LogP contribution is -2.23. The van der Waals surface area contributed by atoms with Crippen LogP contribution in [0.2, 0.25) is 0 Å². The average Bonchev–Trinajstić information content (AvgIpc) is 2.31. The summed E-state index contributed by atoms with van der Waals surface area (Å²) in [7, 11) is 0. The summed E-state index contributed by atoms with van der Waals surface area (Å²) in [5, 5.41) is 10.1. The molecule has 6 heteroatoms. The molecule has 0 saturated heterocycles. The van der Waals surface area contributed by atoms with Crippen molar-refractivity contribution in [2.45, 2.75) is 26.1 Å². The average molecular weight is 172 g/mol. The molecule has 1 aromatic rings. The van der Waals surface area contributed by atoms with Crippen molar-refractivity contribution < 1.29 is 9.18 Å². The van der Waals surface area contributed by atoms with E-state index in [0.29, 0.717) is 6.29 Å². The van der Waals surface area contributed by atoms with Crippen molar-refractivity contribution >= 4 is 6.29 Å². The summed E-state index contributed by atoms with van der Waals surface area (Å²) in [5.74, 6) is 0.0423. The van der Waals surface area contributed by atoms with Crippen LogP contribution in [0, 0.1) is 0 Å². The van der Waals surface area contributed by atoms with Crippen LogP contribution in [0.5, 0.6) is 0 Å². The Bertz CT molecular complexity index is 277. The summed E-state index contributed by atoms with van der Waals surface area (Å²) >= 11 is 0. The molecule has 0 N–H and O–H groups in total. The SMILES string of the molecule is CC(C)(F)Cn1nnnc1C=O. The highest BCUT2D eigenvalue weighted by atomic mass is 19.1.